The molecule has 5 heteroatoms. The standard InChI is InChI=1S/C26H27N3O2/c1-26(2,3)31-25(30)28(18-20-8-5-4-6-9-20)19-22-11-7-10-21-14-17-29(24(21)22)23-12-15-27-16-13-23/h4-17H,18-19H2,1-3H3. The van der Waals surface area contributed by atoms with Crippen molar-refractivity contribution in [2.45, 2.75) is 39.5 Å². The third-order valence-electron chi connectivity index (χ3n) is 4.96. The Bertz CT molecular complexity index is 1160. The van der Waals surface area contributed by atoms with Crippen molar-refractivity contribution >= 4 is 17.0 Å². The second kappa shape index (κ2) is 8.64. The Morgan fingerprint density at radius 1 is 0.935 bits per heavy atom. The van der Waals surface area contributed by atoms with E-state index in [9.17, 15) is 4.79 Å². The molecule has 2 aromatic heterocycles. The van der Waals surface area contributed by atoms with Gasteiger partial charge < -0.3 is 9.30 Å². The molecular weight excluding hydrogens is 386 g/mol. The maximum atomic E-state index is 13.1. The lowest BCUT2D eigenvalue weighted by molar-refractivity contribution is 0.0217. The van der Waals surface area contributed by atoms with Crippen LogP contribution in [0.2, 0.25) is 0 Å². The van der Waals surface area contributed by atoms with Gasteiger partial charge in [-0.3, -0.25) is 9.88 Å². The predicted octanol–water partition coefficient (Wildman–Crippen LogP) is 5.96. The summed E-state index contributed by atoms with van der Waals surface area (Å²) in [6.07, 6.45) is 5.30. The molecule has 0 spiro atoms. The fourth-order valence-electron chi connectivity index (χ4n) is 3.64. The number of para-hydroxylation sites is 1. The van der Waals surface area contributed by atoms with Gasteiger partial charge in [-0.05, 0) is 50.1 Å². The van der Waals surface area contributed by atoms with Gasteiger partial charge in [-0.1, -0.05) is 48.5 Å². The van der Waals surface area contributed by atoms with Crippen molar-refractivity contribution in [2.75, 3.05) is 0 Å². The zero-order valence-electron chi connectivity index (χ0n) is 18.2. The quantitative estimate of drug-likeness (QED) is 0.405. The highest BCUT2D eigenvalue weighted by Gasteiger charge is 2.23. The molecule has 0 aliphatic carbocycles. The third-order valence-corrected chi connectivity index (χ3v) is 4.96. The normalized spacial score (nSPS) is 11.5. The number of carbonyl (C=O) groups is 1. The molecule has 0 N–H and O–H groups in total. The average molecular weight is 414 g/mol. The molecule has 5 nitrogen and oxygen atoms in total. The molecule has 4 aromatic rings. The number of fused-ring (bicyclic) bond motifs is 1. The van der Waals surface area contributed by atoms with Crippen molar-refractivity contribution in [3.8, 4) is 5.69 Å². The summed E-state index contributed by atoms with van der Waals surface area (Å²) in [4.78, 5) is 19.0. The highest BCUT2D eigenvalue weighted by molar-refractivity contribution is 5.85. The number of aromatic nitrogens is 2. The van der Waals surface area contributed by atoms with Crippen LogP contribution in [0.1, 0.15) is 31.9 Å². The second-order valence-electron chi connectivity index (χ2n) is 8.57. The van der Waals surface area contributed by atoms with Gasteiger partial charge in [-0.15, -0.1) is 0 Å². The summed E-state index contributed by atoms with van der Waals surface area (Å²) >= 11 is 0. The lowest BCUT2D eigenvalue weighted by Gasteiger charge is -2.28. The maximum Gasteiger partial charge on any atom is 0.410 e. The topological polar surface area (TPSA) is 47.4 Å². The van der Waals surface area contributed by atoms with Crippen molar-refractivity contribution in [3.63, 3.8) is 0 Å². The van der Waals surface area contributed by atoms with Gasteiger partial charge in [0, 0.05) is 36.2 Å². The average Bonchev–Trinajstić information content (AvgIpc) is 3.19. The Hall–Kier alpha value is -3.60. The van der Waals surface area contributed by atoms with E-state index in [1.165, 1.54) is 0 Å². The number of benzene rings is 2. The van der Waals surface area contributed by atoms with Crippen LogP contribution in [0.15, 0.2) is 85.3 Å². The molecule has 0 unspecified atom stereocenters. The number of pyridine rings is 1. The van der Waals surface area contributed by atoms with Gasteiger partial charge in [0.05, 0.1) is 12.1 Å². The van der Waals surface area contributed by atoms with Gasteiger partial charge in [0.25, 0.3) is 0 Å². The molecule has 0 aliphatic rings. The van der Waals surface area contributed by atoms with E-state index in [-0.39, 0.29) is 6.09 Å². The summed E-state index contributed by atoms with van der Waals surface area (Å²) in [6.45, 7) is 6.58. The summed E-state index contributed by atoms with van der Waals surface area (Å²) in [6, 6.07) is 22.2. The monoisotopic (exact) mass is 413 g/mol. The van der Waals surface area contributed by atoms with Crippen LogP contribution < -0.4 is 0 Å². The summed E-state index contributed by atoms with van der Waals surface area (Å²) in [5, 5.41) is 1.12. The van der Waals surface area contributed by atoms with E-state index in [4.69, 9.17) is 4.74 Å². The largest absolute Gasteiger partial charge is 0.444 e. The van der Waals surface area contributed by atoms with Crippen LogP contribution in [0.25, 0.3) is 16.6 Å². The number of rotatable bonds is 5. The summed E-state index contributed by atoms with van der Waals surface area (Å²) in [7, 11) is 0. The number of nitrogens with zero attached hydrogens (tertiary/aromatic N) is 3. The van der Waals surface area contributed by atoms with Crippen LogP contribution in [0.3, 0.4) is 0 Å². The molecule has 158 valence electrons. The van der Waals surface area contributed by atoms with E-state index in [0.717, 1.165) is 27.7 Å². The van der Waals surface area contributed by atoms with Crippen molar-refractivity contribution in [1.82, 2.24) is 14.5 Å². The second-order valence-corrected chi connectivity index (χ2v) is 8.57. The summed E-state index contributed by atoms with van der Waals surface area (Å²) < 4.78 is 7.87. The Kier molecular flexibility index (Phi) is 5.76. The number of amides is 1. The molecule has 0 saturated heterocycles. The molecule has 31 heavy (non-hydrogen) atoms. The smallest absolute Gasteiger partial charge is 0.410 e. The van der Waals surface area contributed by atoms with E-state index in [0.29, 0.717) is 13.1 Å². The van der Waals surface area contributed by atoms with Gasteiger partial charge in [-0.25, -0.2) is 4.79 Å². The molecule has 0 bridgehead atoms. The van der Waals surface area contributed by atoms with Gasteiger partial charge in [0.15, 0.2) is 0 Å². The van der Waals surface area contributed by atoms with Crippen LogP contribution >= 0.6 is 0 Å². The Morgan fingerprint density at radius 3 is 2.39 bits per heavy atom. The van der Waals surface area contributed by atoms with Gasteiger partial charge in [-0.2, -0.15) is 0 Å². The predicted molar refractivity (Wildman–Crippen MR) is 123 cm³/mol. The van der Waals surface area contributed by atoms with E-state index < -0.39 is 5.60 Å². The van der Waals surface area contributed by atoms with Crippen LogP contribution in [0.5, 0.6) is 0 Å². The van der Waals surface area contributed by atoms with Crippen LogP contribution in [-0.4, -0.2) is 26.1 Å². The molecule has 0 fully saturated rings. The van der Waals surface area contributed by atoms with Gasteiger partial charge >= 0.3 is 6.09 Å². The number of ether oxygens (including phenoxy) is 1. The molecule has 2 heterocycles. The minimum absolute atomic E-state index is 0.324. The van der Waals surface area contributed by atoms with Crippen LogP contribution in [0, 0.1) is 0 Å². The fraction of sp³-hybridized carbons (Fsp3) is 0.231. The molecule has 2 aromatic carbocycles. The molecule has 4 rings (SSSR count). The number of hydrogen-bond donors (Lipinski definition) is 0. The lowest BCUT2D eigenvalue weighted by atomic mass is 10.1. The van der Waals surface area contributed by atoms with Crippen molar-refractivity contribution in [2.24, 2.45) is 0 Å². The highest BCUT2D eigenvalue weighted by atomic mass is 16.6. The van der Waals surface area contributed by atoms with Crippen LogP contribution in [-0.2, 0) is 17.8 Å². The molecule has 0 aliphatic heterocycles. The Balaban J connectivity index is 1.72. The molecular formula is C26H27N3O2. The molecule has 0 atom stereocenters. The first-order valence-corrected chi connectivity index (χ1v) is 10.4. The van der Waals surface area contributed by atoms with Crippen molar-refractivity contribution < 1.29 is 9.53 Å². The minimum atomic E-state index is -0.560. The molecule has 1 amide bonds. The first-order chi connectivity index (χ1) is 14.9. The number of hydrogen-bond acceptors (Lipinski definition) is 3. The number of carbonyl (C=O) groups excluding carboxylic acids is 1. The van der Waals surface area contributed by atoms with E-state index in [1.54, 1.807) is 17.3 Å². The van der Waals surface area contributed by atoms with Crippen LogP contribution in [0.4, 0.5) is 4.79 Å². The first kappa shape index (κ1) is 20.7. The SMILES string of the molecule is CC(C)(C)OC(=O)N(Cc1ccccc1)Cc1cccc2ccn(-c3ccncc3)c12. The lowest BCUT2D eigenvalue weighted by Crippen LogP contribution is -2.36. The zero-order valence-corrected chi connectivity index (χ0v) is 18.2. The van der Waals surface area contributed by atoms with Gasteiger partial charge in [0.1, 0.15) is 5.60 Å². The highest BCUT2D eigenvalue weighted by Crippen LogP contribution is 2.26. The fourth-order valence-corrected chi connectivity index (χ4v) is 3.64. The van der Waals surface area contributed by atoms with Crippen molar-refractivity contribution in [1.29, 1.82) is 0 Å². The molecule has 0 radical (unpaired) electrons. The van der Waals surface area contributed by atoms with E-state index in [2.05, 4.69) is 33.9 Å². The first-order valence-electron chi connectivity index (χ1n) is 10.4. The zero-order chi connectivity index (χ0) is 21.8. The van der Waals surface area contributed by atoms with Crippen molar-refractivity contribution in [3.05, 3.63) is 96.4 Å². The third kappa shape index (κ3) is 4.94. The Morgan fingerprint density at radius 2 is 1.68 bits per heavy atom. The Labute approximate surface area is 182 Å². The van der Waals surface area contributed by atoms with E-state index in [1.807, 2.05) is 69.3 Å². The summed E-state index contributed by atoms with van der Waals surface area (Å²) in [5.74, 6) is 0. The summed E-state index contributed by atoms with van der Waals surface area (Å²) in [5.41, 5.74) is 3.67. The maximum absolute atomic E-state index is 13.1. The minimum Gasteiger partial charge on any atom is -0.444 e. The van der Waals surface area contributed by atoms with Gasteiger partial charge in [0.2, 0.25) is 0 Å². The molecule has 0 saturated carbocycles. The van der Waals surface area contributed by atoms with E-state index >= 15 is 0 Å².